The van der Waals surface area contributed by atoms with Gasteiger partial charge in [0.15, 0.2) is 0 Å². The number of hydrogen-bond donors (Lipinski definition) is 2. The molecule has 2 rings (SSSR count). The Morgan fingerprint density at radius 2 is 2.04 bits per heavy atom. The Balaban J connectivity index is 2.37. The quantitative estimate of drug-likeness (QED) is 0.855. The lowest BCUT2D eigenvalue weighted by Crippen LogP contribution is -2.38. The van der Waals surface area contributed by atoms with Gasteiger partial charge in [0.1, 0.15) is 6.04 Å². The molecule has 0 fully saturated rings. The Labute approximate surface area is 135 Å². The zero-order chi connectivity index (χ0) is 17.1. The van der Waals surface area contributed by atoms with E-state index in [1.165, 1.54) is 6.92 Å². The van der Waals surface area contributed by atoms with E-state index in [-0.39, 0.29) is 5.91 Å². The third kappa shape index (κ3) is 3.37. The lowest BCUT2D eigenvalue weighted by Gasteiger charge is -2.10. The van der Waals surface area contributed by atoms with Crippen molar-refractivity contribution in [3.8, 4) is 0 Å². The van der Waals surface area contributed by atoms with Gasteiger partial charge >= 0.3 is 5.97 Å². The van der Waals surface area contributed by atoms with Crippen molar-refractivity contribution in [2.24, 2.45) is 0 Å². The highest BCUT2D eigenvalue weighted by Gasteiger charge is 2.17. The number of hydrogen-bond acceptors (Lipinski definition) is 3. The van der Waals surface area contributed by atoms with Crippen LogP contribution in [0.2, 0.25) is 0 Å². The number of benzene rings is 1. The monoisotopic (exact) mass is 318 g/mol. The molecule has 0 unspecified atom stereocenters. The van der Waals surface area contributed by atoms with Crippen molar-refractivity contribution in [1.82, 2.24) is 9.88 Å². The summed E-state index contributed by atoms with van der Waals surface area (Å²) in [7, 11) is 1.67. The summed E-state index contributed by atoms with van der Waals surface area (Å²) in [5.41, 5.74) is 3.74. The number of nitrogens with zero attached hydrogens (tertiary/aromatic N) is 1. The summed E-state index contributed by atoms with van der Waals surface area (Å²) >= 11 is 0. The van der Waals surface area contributed by atoms with Crippen LogP contribution in [0.3, 0.4) is 0 Å². The number of aryl methyl sites for hydroxylation is 1. The lowest BCUT2D eigenvalue weighted by molar-refractivity contribution is -0.138. The molecule has 0 aliphatic carbocycles. The van der Waals surface area contributed by atoms with Gasteiger partial charge in [0.2, 0.25) is 0 Å². The van der Waals surface area contributed by atoms with E-state index in [4.69, 9.17) is 9.84 Å². The molecule has 0 aliphatic heterocycles. The number of methoxy groups -OCH3 is 1. The van der Waals surface area contributed by atoms with E-state index >= 15 is 0 Å². The summed E-state index contributed by atoms with van der Waals surface area (Å²) in [5, 5.41) is 12.4. The molecule has 0 saturated heterocycles. The SMILES string of the molecule is COCCn1c(C)c(C)c2cc(C(=O)N[C@@H](C)C(=O)O)ccc21. The maximum absolute atomic E-state index is 12.2. The van der Waals surface area contributed by atoms with E-state index in [9.17, 15) is 9.59 Å². The van der Waals surface area contributed by atoms with Crippen LogP contribution in [0.25, 0.3) is 10.9 Å². The summed E-state index contributed by atoms with van der Waals surface area (Å²) < 4.78 is 7.31. The molecule has 0 spiro atoms. The van der Waals surface area contributed by atoms with E-state index < -0.39 is 12.0 Å². The van der Waals surface area contributed by atoms with Crippen LogP contribution in [-0.4, -0.2) is 41.3 Å². The summed E-state index contributed by atoms with van der Waals surface area (Å²) in [4.78, 5) is 23.0. The highest BCUT2D eigenvalue weighted by Crippen LogP contribution is 2.26. The van der Waals surface area contributed by atoms with Gasteiger partial charge in [0.05, 0.1) is 6.61 Å². The van der Waals surface area contributed by atoms with Crippen molar-refractivity contribution in [3.05, 3.63) is 35.0 Å². The van der Waals surface area contributed by atoms with Crippen molar-refractivity contribution in [3.63, 3.8) is 0 Å². The molecule has 0 aliphatic rings. The van der Waals surface area contributed by atoms with Gasteiger partial charge in [-0.1, -0.05) is 0 Å². The summed E-state index contributed by atoms with van der Waals surface area (Å²) in [6.07, 6.45) is 0. The van der Waals surface area contributed by atoms with Gasteiger partial charge in [0.25, 0.3) is 5.91 Å². The Bertz CT molecular complexity index is 749. The smallest absolute Gasteiger partial charge is 0.325 e. The van der Waals surface area contributed by atoms with Crippen molar-refractivity contribution < 1.29 is 19.4 Å². The van der Waals surface area contributed by atoms with Gasteiger partial charge in [-0.05, 0) is 44.5 Å². The molecule has 2 aromatic rings. The Morgan fingerprint density at radius 1 is 1.35 bits per heavy atom. The maximum atomic E-state index is 12.2. The minimum atomic E-state index is -1.06. The zero-order valence-corrected chi connectivity index (χ0v) is 13.8. The average molecular weight is 318 g/mol. The summed E-state index contributed by atoms with van der Waals surface area (Å²) in [6, 6.07) is 4.50. The van der Waals surface area contributed by atoms with Crippen molar-refractivity contribution >= 4 is 22.8 Å². The number of fused-ring (bicyclic) bond motifs is 1. The normalized spacial score (nSPS) is 12.3. The van der Waals surface area contributed by atoms with Crippen molar-refractivity contribution in [2.45, 2.75) is 33.4 Å². The molecular weight excluding hydrogens is 296 g/mol. The molecule has 0 bridgehead atoms. The number of rotatable bonds is 6. The van der Waals surface area contributed by atoms with Gasteiger partial charge in [-0.2, -0.15) is 0 Å². The minimum Gasteiger partial charge on any atom is -0.480 e. The number of ether oxygens (including phenoxy) is 1. The fourth-order valence-corrected chi connectivity index (χ4v) is 2.60. The van der Waals surface area contributed by atoms with Gasteiger partial charge < -0.3 is 19.7 Å². The van der Waals surface area contributed by atoms with Crippen LogP contribution in [0.5, 0.6) is 0 Å². The molecule has 1 aromatic carbocycles. The van der Waals surface area contributed by atoms with E-state index in [1.807, 2.05) is 26.0 Å². The molecule has 6 heteroatoms. The number of aromatic nitrogens is 1. The van der Waals surface area contributed by atoms with E-state index in [2.05, 4.69) is 9.88 Å². The second kappa shape index (κ2) is 6.83. The maximum Gasteiger partial charge on any atom is 0.325 e. The molecule has 1 heterocycles. The fourth-order valence-electron chi connectivity index (χ4n) is 2.60. The van der Waals surface area contributed by atoms with Gasteiger partial charge in [-0.3, -0.25) is 9.59 Å². The average Bonchev–Trinajstić information content (AvgIpc) is 2.76. The molecule has 1 aromatic heterocycles. The molecule has 1 atom stereocenters. The highest BCUT2D eigenvalue weighted by molar-refractivity contribution is 6.00. The topological polar surface area (TPSA) is 80.6 Å². The molecule has 0 saturated carbocycles. The van der Waals surface area contributed by atoms with E-state index in [0.29, 0.717) is 12.2 Å². The molecule has 0 radical (unpaired) electrons. The Morgan fingerprint density at radius 3 is 2.65 bits per heavy atom. The second-order valence-corrected chi connectivity index (χ2v) is 5.62. The predicted octanol–water partition coefficient (Wildman–Crippen LogP) is 2.11. The second-order valence-electron chi connectivity index (χ2n) is 5.62. The largest absolute Gasteiger partial charge is 0.480 e. The molecule has 23 heavy (non-hydrogen) atoms. The number of amides is 1. The Hall–Kier alpha value is -2.34. The van der Waals surface area contributed by atoms with Crippen molar-refractivity contribution in [1.29, 1.82) is 0 Å². The summed E-state index contributed by atoms with van der Waals surface area (Å²) in [5.74, 6) is -1.44. The highest BCUT2D eigenvalue weighted by atomic mass is 16.5. The summed E-state index contributed by atoms with van der Waals surface area (Å²) in [6.45, 7) is 6.85. The molecule has 1 amide bonds. The third-order valence-corrected chi connectivity index (χ3v) is 4.14. The first-order valence-corrected chi connectivity index (χ1v) is 7.48. The van der Waals surface area contributed by atoms with E-state index in [1.54, 1.807) is 13.2 Å². The van der Waals surface area contributed by atoms with Crippen LogP contribution in [0.4, 0.5) is 0 Å². The third-order valence-electron chi connectivity index (χ3n) is 4.14. The first-order valence-electron chi connectivity index (χ1n) is 7.48. The van der Waals surface area contributed by atoms with Crippen LogP contribution in [0.1, 0.15) is 28.5 Å². The Kier molecular flexibility index (Phi) is 5.05. The molecule has 2 N–H and O–H groups in total. The van der Waals surface area contributed by atoms with Crippen LogP contribution in [0.15, 0.2) is 18.2 Å². The lowest BCUT2D eigenvalue weighted by atomic mass is 10.1. The van der Waals surface area contributed by atoms with Crippen LogP contribution in [-0.2, 0) is 16.1 Å². The van der Waals surface area contributed by atoms with Gasteiger partial charge in [-0.15, -0.1) is 0 Å². The van der Waals surface area contributed by atoms with Crippen LogP contribution in [0, 0.1) is 13.8 Å². The first kappa shape index (κ1) is 17.0. The number of carboxylic acids is 1. The van der Waals surface area contributed by atoms with E-state index in [0.717, 1.165) is 28.7 Å². The minimum absolute atomic E-state index is 0.386. The van der Waals surface area contributed by atoms with Gasteiger partial charge in [-0.25, -0.2) is 0 Å². The number of aliphatic carboxylic acids is 1. The van der Waals surface area contributed by atoms with Crippen LogP contribution >= 0.6 is 0 Å². The first-order chi connectivity index (χ1) is 10.9. The number of nitrogens with one attached hydrogen (secondary N) is 1. The fraction of sp³-hybridized carbons (Fsp3) is 0.412. The number of carboxylic acid groups (broad SMARTS) is 1. The predicted molar refractivity (Wildman–Crippen MR) is 87.9 cm³/mol. The standard InChI is InChI=1S/C17H22N2O4/c1-10-12(3)19(7-8-23-4)15-6-5-13(9-14(10)15)16(20)18-11(2)17(21)22/h5-6,9,11H,7-8H2,1-4H3,(H,18,20)(H,21,22)/t11-/m0/s1. The van der Waals surface area contributed by atoms with Crippen molar-refractivity contribution in [2.75, 3.05) is 13.7 Å². The molecular formula is C17H22N2O4. The zero-order valence-electron chi connectivity index (χ0n) is 13.8. The van der Waals surface area contributed by atoms with Crippen LogP contribution < -0.4 is 5.32 Å². The number of carbonyl (C=O) groups excluding carboxylic acids is 1. The molecule has 124 valence electrons. The number of carbonyl (C=O) groups is 2. The molecule has 6 nitrogen and oxygen atoms in total. The van der Waals surface area contributed by atoms with Gasteiger partial charge in [0, 0.05) is 35.8 Å².